The SMILES string of the molecule is CC(C)(C)CC(O)CNS(=O)(=O)c1cc(Br)ccc1Br. The molecular formula is C13H19Br2NO3S. The molecule has 114 valence electrons. The van der Waals surface area contributed by atoms with Crippen LogP contribution in [0.3, 0.4) is 0 Å². The van der Waals surface area contributed by atoms with Crippen molar-refractivity contribution in [3.63, 3.8) is 0 Å². The molecule has 0 bridgehead atoms. The second-order valence-electron chi connectivity index (χ2n) is 5.85. The van der Waals surface area contributed by atoms with Gasteiger partial charge in [0, 0.05) is 15.5 Å². The number of halogens is 2. The van der Waals surface area contributed by atoms with E-state index >= 15 is 0 Å². The predicted molar refractivity (Wildman–Crippen MR) is 87.1 cm³/mol. The Labute approximate surface area is 137 Å². The van der Waals surface area contributed by atoms with Gasteiger partial charge in [0.25, 0.3) is 0 Å². The summed E-state index contributed by atoms with van der Waals surface area (Å²) in [6, 6.07) is 4.92. The average molecular weight is 429 g/mol. The normalized spacial score (nSPS) is 14.3. The van der Waals surface area contributed by atoms with E-state index in [0.717, 1.165) is 0 Å². The first-order valence-corrected chi connectivity index (χ1v) is 9.21. The van der Waals surface area contributed by atoms with Gasteiger partial charge in [-0.15, -0.1) is 0 Å². The summed E-state index contributed by atoms with van der Waals surface area (Å²) in [6.07, 6.45) is -0.189. The molecule has 20 heavy (non-hydrogen) atoms. The van der Waals surface area contributed by atoms with Crippen molar-refractivity contribution in [1.82, 2.24) is 4.72 Å². The van der Waals surface area contributed by atoms with Crippen molar-refractivity contribution in [3.05, 3.63) is 27.1 Å². The fraction of sp³-hybridized carbons (Fsp3) is 0.538. The molecule has 0 spiro atoms. The Balaban J connectivity index is 2.78. The Bertz CT molecular complexity index is 567. The molecule has 0 aromatic heterocycles. The summed E-state index contributed by atoms with van der Waals surface area (Å²) < 4.78 is 28.0. The third-order valence-corrected chi connectivity index (χ3v) is 5.45. The van der Waals surface area contributed by atoms with Gasteiger partial charge in [-0.1, -0.05) is 36.7 Å². The van der Waals surface area contributed by atoms with E-state index in [2.05, 4.69) is 36.6 Å². The number of benzene rings is 1. The molecule has 0 saturated carbocycles. The lowest BCUT2D eigenvalue weighted by molar-refractivity contribution is 0.125. The van der Waals surface area contributed by atoms with E-state index in [-0.39, 0.29) is 16.9 Å². The summed E-state index contributed by atoms with van der Waals surface area (Å²) in [5.74, 6) is 0. The third kappa shape index (κ3) is 5.81. The zero-order valence-electron chi connectivity index (χ0n) is 11.7. The van der Waals surface area contributed by atoms with E-state index in [0.29, 0.717) is 15.4 Å². The summed E-state index contributed by atoms with van der Waals surface area (Å²) in [5.41, 5.74) is -0.0543. The first kappa shape index (κ1) is 18.1. The summed E-state index contributed by atoms with van der Waals surface area (Å²) in [6.45, 7) is 5.99. The van der Waals surface area contributed by atoms with Gasteiger partial charge in [-0.05, 0) is 46.0 Å². The van der Waals surface area contributed by atoms with Gasteiger partial charge in [-0.25, -0.2) is 13.1 Å². The number of hydrogen-bond donors (Lipinski definition) is 2. The lowest BCUT2D eigenvalue weighted by Crippen LogP contribution is -2.34. The minimum absolute atomic E-state index is 0.00143. The molecule has 0 heterocycles. The van der Waals surface area contributed by atoms with Gasteiger partial charge < -0.3 is 5.11 Å². The second-order valence-corrected chi connectivity index (χ2v) is 9.35. The van der Waals surface area contributed by atoms with Gasteiger partial charge in [0.2, 0.25) is 10.0 Å². The molecule has 0 aliphatic carbocycles. The van der Waals surface area contributed by atoms with Crippen molar-refractivity contribution < 1.29 is 13.5 Å². The van der Waals surface area contributed by atoms with Gasteiger partial charge in [-0.2, -0.15) is 0 Å². The Morgan fingerprint density at radius 1 is 1.30 bits per heavy atom. The van der Waals surface area contributed by atoms with Crippen molar-refractivity contribution in [2.75, 3.05) is 6.54 Å². The molecular weight excluding hydrogens is 410 g/mol. The maximum Gasteiger partial charge on any atom is 0.241 e. The standard InChI is InChI=1S/C13H19Br2NO3S/c1-13(2,3)7-10(17)8-16-20(18,19)12-6-9(14)4-5-11(12)15/h4-6,10,16-17H,7-8H2,1-3H3. The Morgan fingerprint density at radius 2 is 1.90 bits per heavy atom. The summed E-state index contributed by atoms with van der Waals surface area (Å²) >= 11 is 6.47. The zero-order chi connectivity index (χ0) is 15.6. The highest BCUT2D eigenvalue weighted by atomic mass is 79.9. The van der Waals surface area contributed by atoms with Crippen molar-refractivity contribution in [2.24, 2.45) is 5.41 Å². The molecule has 1 aromatic carbocycles. The van der Waals surface area contributed by atoms with Crippen LogP contribution in [0.25, 0.3) is 0 Å². The summed E-state index contributed by atoms with van der Waals surface area (Å²) in [4.78, 5) is 0.148. The Morgan fingerprint density at radius 3 is 2.45 bits per heavy atom. The first-order chi connectivity index (χ1) is 9.01. The van der Waals surface area contributed by atoms with E-state index in [1.54, 1.807) is 12.1 Å². The van der Waals surface area contributed by atoms with Crippen LogP contribution in [0.4, 0.5) is 0 Å². The molecule has 0 aliphatic heterocycles. The molecule has 0 radical (unpaired) electrons. The highest BCUT2D eigenvalue weighted by molar-refractivity contribution is 9.11. The minimum Gasteiger partial charge on any atom is -0.392 e. The zero-order valence-corrected chi connectivity index (χ0v) is 15.6. The highest BCUT2D eigenvalue weighted by Gasteiger charge is 2.21. The van der Waals surface area contributed by atoms with E-state index < -0.39 is 16.1 Å². The molecule has 0 saturated heterocycles. The first-order valence-electron chi connectivity index (χ1n) is 6.14. The highest BCUT2D eigenvalue weighted by Crippen LogP contribution is 2.26. The molecule has 1 aromatic rings. The minimum atomic E-state index is -3.65. The average Bonchev–Trinajstić information content (AvgIpc) is 2.27. The van der Waals surface area contributed by atoms with Crippen LogP contribution in [0.1, 0.15) is 27.2 Å². The quantitative estimate of drug-likeness (QED) is 0.756. The van der Waals surface area contributed by atoms with Crippen LogP contribution >= 0.6 is 31.9 Å². The molecule has 1 rings (SSSR count). The second kappa shape index (κ2) is 6.87. The van der Waals surface area contributed by atoms with Crippen LogP contribution < -0.4 is 4.72 Å². The molecule has 1 atom stereocenters. The summed E-state index contributed by atoms with van der Waals surface area (Å²) in [5, 5.41) is 9.87. The van der Waals surface area contributed by atoms with E-state index in [4.69, 9.17) is 0 Å². The molecule has 2 N–H and O–H groups in total. The van der Waals surface area contributed by atoms with Gasteiger partial charge in [0.15, 0.2) is 0 Å². The van der Waals surface area contributed by atoms with Crippen LogP contribution in [-0.4, -0.2) is 26.2 Å². The van der Waals surface area contributed by atoms with E-state index in [9.17, 15) is 13.5 Å². The van der Waals surface area contributed by atoms with E-state index in [1.165, 1.54) is 6.07 Å². The topological polar surface area (TPSA) is 66.4 Å². The molecule has 7 heteroatoms. The van der Waals surface area contributed by atoms with Gasteiger partial charge >= 0.3 is 0 Å². The molecule has 0 amide bonds. The summed E-state index contributed by atoms with van der Waals surface area (Å²) in [7, 11) is -3.65. The number of rotatable bonds is 5. The predicted octanol–water partition coefficient (Wildman–Crippen LogP) is 3.29. The number of sulfonamides is 1. The molecule has 0 aliphatic rings. The fourth-order valence-electron chi connectivity index (χ4n) is 1.75. The number of aliphatic hydroxyl groups excluding tert-OH is 1. The maximum absolute atomic E-state index is 12.2. The lowest BCUT2D eigenvalue weighted by Gasteiger charge is -2.22. The Hall–Kier alpha value is 0.0500. The van der Waals surface area contributed by atoms with Crippen LogP contribution in [-0.2, 0) is 10.0 Å². The number of hydrogen-bond acceptors (Lipinski definition) is 3. The smallest absolute Gasteiger partial charge is 0.241 e. The van der Waals surface area contributed by atoms with Crippen molar-refractivity contribution in [3.8, 4) is 0 Å². The fourth-order valence-corrected chi connectivity index (χ4v) is 4.32. The van der Waals surface area contributed by atoms with Gasteiger partial charge in [-0.3, -0.25) is 0 Å². The largest absolute Gasteiger partial charge is 0.392 e. The molecule has 4 nitrogen and oxygen atoms in total. The van der Waals surface area contributed by atoms with Crippen LogP contribution in [0.2, 0.25) is 0 Å². The Kier molecular flexibility index (Phi) is 6.22. The molecule has 0 fully saturated rings. The van der Waals surface area contributed by atoms with Crippen LogP contribution in [0.15, 0.2) is 32.0 Å². The number of aliphatic hydroxyl groups is 1. The van der Waals surface area contributed by atoms with Crippen LogP contribution in [0.5, 0.6) is 0 Å². The van der Waals surface area contributed by atoms with Gasteiger partial charge in [0.1, 0.15) is 0 Å². The maximum atomic E-state index is 12.2. The van der Waals surface area contributed by atoms with Crippen LogP contribution in [0, 0.1) is 5.41 Å². The van der Waals surface area contributed by atoms with Crippen molar-refractivity contribution in [2.45, 2.75) is 38.2 Å². The monoisotopic (exact) mass is 427 g/mol. The van der Waals surface area contributed by atoms with E-state index in [1.807, 2.05) is 20.8 Å². The van der Waals surface area contributed by atoms with Crippen molar-refractivity contribution in [1.29, 1.82) is 0 Å². The van der Waals surface area contributed by atoms with Gasteiger partial charge in [0.05, 0.1) is 11.0 Å². The lowest BCUT2D eigenvalue weighted by atomic mass is 9.89. The third-order valence-electron chi connectivity index (χ3n) is 2.54. The van der Waals surface area contributed by atoms with Crippen molar-refractivity contribution >= 4 is 41.9 Å². The molecule has 1 unspecified atom stereocenters. The number of nitrogens with one attached hydrogen (secondary N) is 1.